The Kier molecular flexibility index (Phi) is 1.82. The molecule has 1 heteroatoms. The Morgan fingerprint density at radius 3 is 2.87 bits per heavy atom. The van der Waals surface area contributed by atoms with Gasteiger partial charge in [0, 0.05) is 17.9 Å². The molecule has 76 valence electrons. The van der Waals surface area contributed by atoms with Crippen LogP contribution in [0.25, 0.3) is 5.57 Å². The Morgan fingerprint density at radius 1 is 1.20 bits per heavy atom. The molecule has 0 radical (unpaired) electrons. The van der Waals surface area contributed by atoms with Crippen molar-refractivity contribution in [3.8, 4) is 0 Å². The average molecular weight is 198 g/mol. The minimum Gasteiger partial charge on any atom is -0.294 e. The molecule has 1 nitrogen and oxygen atoms in total. The van der Waals surface area contributed by atoms with Crippen LogP contribution in [0.5, 0.6) is 0 Å². The first-order valence-corrected chi connectivity index (χ1v) is 5.64. The van der Waals surface area contributed by atoms with Crippen molar-refractivity contribution in [3.05, 3.63) is 41.0 Å². The standard InChI is InChI=1S/C14H14O/c1-9-10-5-2-3-6-12(10)14-11(9)7-4-8-13(14)15/h2-3,5-6,9H,4,7-8H2,1H3. The van der Waals surface area contributed by atoms with E-state index in [9.17, 15) is 4.79 Å². The maximum absolute atomic E-state index is 11.9. The number of allylic oxidation sites excluding steroid dienone is 2. The lowest BCUT2D eigenvalue weighted by atomic mass is 9.88. The molecule has 0 saturated carbocycles. The molecule has 0 amide bonds. The van der Waals surface area contributed by atoms with Crippen molar-refractivity contribution in [1.82, 2.24) is 0 Å². The number of ketones is 1. The van der Waals surface area contributed by atoms with Crippen LogP contribution < -0.4 is 0 Å². The largest absolute Gasteiger partial charge is 0.294 e. The van der Waals surface area contributed by atoms with Gasteiger partial charge in [0.15, 0.2) is 5.78 Å². The van der Waals surface area contributed by atoms with Gasteiger partial charge in [0.1, 0.15) is 0 Å². The van der Waals surface area contributed by atoms with Gasteiger partial charge in [-0.05, 0) is 24.0 Å². The van der Waals surface area contributed by atoms with Crippen molar-refractivity contribution in [2.24, 2.45) is 0 Å². The number of benzene rings is 1. The topological polar surface area (TPSA) is 17.1 Å². The van der Waals surface area contributed by atoms with Crippen LogP contribution in [0, 0.1) is 0 Å². The lowest BCUT2D eigenvalue weighted by Gasteiger charge is -2.15. The second kappa shape index (κ2) is 3.06. The molecule has 0 aromatic heterocycles. The van der Waals surface area contributed by atoms with E-state index in [1.165, 1.54) is 16.7 Å². The van der Waals surface area contributed by atoms with Crippen LogP contribution in [0.1, 0.15) is 43.2 Å². The summed E-state index contributed by atoms with van der Waals surface area (Å²) in [5, 5.41) is 0. The van der Waals surface area contributed by atoms with Crippen LogP contribution >= 0.6 is 0 Å². The second-order valence-corrected chi connectivity index (χ2v) is 4.49. The number of rotatable bonds is 0. The predicted octanol–water partition coefficient (Wildman–Crippen LogP) is 3.31. The third-order valence-corrected chi connectivity index (χ3v) is 3.67. The maximum Gasteiger partial charge on any atom is 0.163 e. The number of fused-ring (bicyclic) bond motifs is 2. The fraction of sp³-hybridized carbons (Fsp3) is 0.357. The van der Waals surface area contributed by atoms with E-state index in [1.807, 2.05) is 6.07 Å². The molecule has 1 aromatic rings. The minimum atomic E-state index is 0.355. The van der Waals surface area contributed by atoms with Crippen LogP contribution in [-0.2, 0) is 4.79 Å². The zero-order chi connectivity index (χ0) is 10.4. The van der Waals surface area contributed by atoms with Crippen LogP contribution in [-0.4, -0.2) is 5.78 Å². The third-order valence-electron chi connectivity index (χ3n) is 3.67. The highest BCUT2D eigenvalue weighted by molar-refractivity contribution is 6.24. The van der Waals surface area contributed by atoms with Gasteiger partial charge in [0.2, 0.25) is 0 Å². The van der Waals surface area contributed by atoms with E-state index >= 15 is 0 Å². The second-order valence-electron chi connectivity index (χ2n) is 4.49. The van der Waals surface area contributed by atoms with Crippen molar-refractivity contribution >= 4 is 11.4 Å². The number of carbonyl (C=O) groups excluding carboxylic acids is 1. The van der Waals surface area contributed by atoms with Crippen molar-refractivity contribution in [1.29, 1.82) is 0 Å². The summed E-state index contributed by atoms with van der Waals surface area (Å²) in [6.45, 7) is 2.22. The Hall–Kier alpha value is -1.37. The van der Waals surface area contributed by atoms with E-state index in [4.69, 9.17) is 0 Å². The van der Waals surface area contributed by atoms with Gasteiger partial charge in [-0.15, -0.1) is 0 Å². The molecule has 0 spiro atoms. The van der Waals surface area contributed by atoms with Gasteiger partial charge in [-0.1, -0.05) is 36.8 Å². The first kappa shape index (κ1) is 8.90. The van der Waals surface area contributed by atoms with Gasteiger partial charge in [0.05, 0.1) is 0 Å². The molecule has 3 rings (SSSR count). The van der Waals surface area contributed by atoms with Crippen molar-refractivity contribution in [3.63, 3.8) is 0 Å². The monoisotopic (exact) mass is 198 g/mol. The summed E-state index contributed by atoms with van der Waals surface area (Å²) in [6.07, 6.45) is 2.88. The van der Waals surface area contributed by atoms with Gasteiger partial charge in [-0.2, -0.15) is 0 Å². The SMILES string of the molecule is CC1C2=C(C(=O)CCC2)c2ccccc21. The average Bonchev–Trinajstić information content (AvgIpc) is 2.55. The Bertz CT molecular complexity index is 468. The Morgan fingerprint density at radius 2 is 2.00 bits per heavy atom. The molecule has 2 aliphatic carbocycles. The Labute approximate surface area is 89.8 Å². The highest BCUT2D eigenvalue weighted by atomic mass is 16.1. The van der Waals surface area contributed by atoms with E-state index in [0.717, 1.165) is 24.8 Å². The fourth-order valence-corrected chi connectivity index (χ4v) is 2.91. The molecule has 2 aliphatic rings. The smallest absolute Gasteiger partial charge is 0.163 e. The molecule has 0 aliphatic heterocycles. The molecular formula is C14H14O. The molecule has 1 atom stereocenters. The van der Waals surface area contributed by atoms with Crippen molar-refractivity contribution in [2.75, 3.05) is 0 Å². The zero-order valence-corrected chi connectivity index (χ0v) is 8.92. The summed E-state index contributed by atoms with van der Waals surface area (Å²) in [6, 6.07) is 8.35. The zero-order valence-electron chi connectivity index (χ0n) is 8.92. The third kappa shape index (κ3) is 1.12. The van der Waals surface area contributed by atoms with E-state index in [1.54, 1.807) is 0 Å². The summed E-state index contributed by atoms with van der Waals surface area (Å²) in [4.78, 5) is 11.9. The summed E-state index contributed by atoms with van der Waals surface area (Å²) in [5.41, 5.74) is 4.97. The van der Waals surface area contributed by atoms with Gasteiger partial charge in [0.25, 0.3) is 0 Å². The van der Waals surface area contributed by atoms with E-state index in [-0.39, 0.29) is 0 Å². The van der Waals surface area contributed by atoms with Gasteiger partial charge < -0.3 is 0 Å². The van der Waals surface area contributed by atoms with Crippen LogP contribution in [0.3, 0.4) is 0 Å². The quantitative estimate of drug-likeness (QED) is 0.625. The summed E-state index contributed by atoms with van der Waals surface area (Å²) < 4.78 is 0. The number of carbonyl (C=O) groups is 1. The lowest BCUT2D eigenvalue weighted by molar-refractivity contribution is -0.114. The van der Waals surface area contributed by atoms with E-state index in [0.29, 0.717) is 11.7 Å². The van der Waals surface area contributed by atoms with Gasteiger partial charge in [-0.3, -0.25) is 4.79 Å². The molecule has 0 bridgehead atoms. The predicted molar refractivity (Wildman–Crippen MR) is 60.6 cm³/mol. The van der Waals surface area contributed by atoms with Crippen molar-refractivity contribution < 1.29 is 4.79 Å². The van der Waals surface area contributed by atoms with Crippen LogP contribution in [0.2, 0.25) is 0 Å². The number of hydrogen-bond donors (Lipinski definition) is 0. The lowest BCUT2D eigenvalue weighted by Crippen LogP contribution is -2.08. The molecule has 0 fully saturated rings. The molecule has 1 unspecified atom stereocenters. The first-order valence-electron chi connectivity index (χ1n) is 5.64. The summed E-state index contributed by atoms with van der Waals surface area (Å²) in [7, 11) is 0. The normalized spacial score (nSPS) is 24.1. The number of Topliss-reactive ketones (excluding diaryl/α,β-unsaturated/α-hetero) is 1. The highest BCUT2D eigenvalue weighted by Crippen LogP contribution is 2.46. The molecule has 0 heterocycles. The molecule has 15 heavy (non-hydrogen) atoms. The molecule has 0 saturated heterocycles. The van der Waals surface area contributed by atoms with Crippen LogP contribution in [0.15, 0.2) is 29.8 Å². The first-order chi connectivity index (χ1) is 7.29. The number of hydrogen-bond acceptors (Lipinski definition) is 1. The van der Waals surface area contributed by atoms with Crippen molar-refractivity contribution in [2.45, 2.75) is 32.1 Å². The van der Waals surface area contributed by atoms with Crippen LogP contribution in [0.4, 0.5) is 0 Å². The van der Waals surface area contributed by atoms with Gasteiger partial charge in [-0.25, -0.2) is 0 Å². The summed E-state index contributed by atoms with van der Waals surface area (Å²) in [5.74, 6) is 0.813. The molecular weight excluding hydrogens is 184 g/mol. The van der Waals surface area contributed by atoms with Gasteiger partial charge >= 0.3 is 0 Å². The highest BCUT2D eigenvalue weighted by Gasteiger charge is 2.33. The Balaban J connectivity index is 2.24. The van der Waals surface area contributed by atoms with E-state index < -0.39 is 0 Å². The molecule has 0 N–H and O–H groups in total. The summed E-state index contributed by atoms with van der Waals surface area (Å²) >= 11 is 0. The molecule has 1 aromatic carbocycles. The maximum atomic E-state index is 11.9. The fourth-order valence-electron chi connectivity index (χ4n) is 2.91. The minimum absolute atomic E-state index is 0.355. The van der Waals surface area contributed by atoms with E-state index in [2.05, 4.69) is 25.1 Å².